The molecule has 0 radical (unpaired) electrons. The Hall–Kier alpha value is -0.610. The summed E-state index contributed by atoms with van der Waals surface area (Å²) >= 11 is 0. The summed E-state index contributed by atoms with van der Waals surface area (Å²) in [7, 11) is 0. The Bertz CT molecular complexity index is 244. The molecule has 1 saturated carbocycles. The third kappa shape index (κ3) is 3.96. The molecule has 2 N–H and O–H groups in total. The summed E-state index contributed by atoms with van der Waals surface area (Å²) in [6.45, 7) is 2.69. The van der Waals surface area contributed by atoms with Crippen molar-refractivity contribution in [3.8, 4) is 0 Å². The van der Waals surface area contributed by atoms with Crippen LogP contribution in [0.2, 0.25) is 0 Å². The lowest BCUT2D eigenvalue weighted by Crippen LogP contribution is -2.37. The molecule has 0 aromatic carbocycles. The lowest BCUT2D eigenvalue weighted by Gasteiger charge is -2.26. The van der Waals surface area contributed by atoms with Gasteiger partial charge in [-0.05, 0) is 38.5 Å². The van der Waals surface area contributed by atoms with Crippen LogP contribution in [0.5, 0.6) is 0 Å². The number of hydrogen-bond donors (Lipinski definition) is 2. The van der Waals surface area contributed by atoms with Crippen LogP contribution in [0.3, 0.4) is 0 Å². The van der Waals surface area contributed by atoms with Gasteiger partial charge in [0.25, 0.3) is 0 Å². The molecule has 2 aliphatic rings. The molecule has 17 heavy (non-hydrogen) atoms. The Labute approximate surface area is 103 Å². The highest BCUT2D eigenvalue weighted by molar-refractivity contribution is 5.76. The topological polar surface area (TPSA) is 52.6 Å². The molecule has 0 aromatic rings. The van der Waals surface area contributed by atoms with Gasteiger partial charge in [-0.25, -0.2) is 0 Å². The monoisotopic (exact) mass is 240 g/mol. The first-order chi connectivity index (χ1) is 8.25. The maximum absolute atomic E-state index is 11.8. The Balaban J connectivity index is 1.57. The lowest BCUT2D eigenvalue weighted by atomic mass is 9.93. The molecule has 98 valence electrons. The zero-order chi connectivity index (χ0) is 12.1. The maximum atomic E-state index is 11.8. The summed E-state index contributed by atoms with van der Waals surface area (Å²) in [4.78, 5) is 13.8. The van der Waals surface area contributed by atoms with E-state index in [-0.39, 0.29) is 6.10 Å². The molecule has 4 nitrogen and oxygen atoms in total. The average molecular weight is 240 g/mol. The average Bonchev–Trinajstić information content (AvgIpc) is 2.85. The van der Waals surface area contributed by atoms with E-state index < -0.39 is 0 Å². The highest BCUT2D eigenvalue weighted by Crippen LogP contribution is 2.18. The normalized spacial score (nSPS) is 29.6. The van der Waals surface area contributed by atoms with Crippen LogP contribution in [0, 0.1) is 0 Å². The van der Waals surface area contributed by atoms with E-state index in [1.165, 1.54) is 12.8 Å². The molecule has 2 fully saturated rings. The van der Waals surface area contributed by atoms with E-state index in [0.29, 0.717) is 18.4 Å². The quantitative estimate of drug-likeness (QED) is 0.767. The minimum Gasteiger partial charge on any atom is -0.393 e. The van der Waals surface area contributed by atoms with Crippen LogP contribution in [-0.4, -0.2) is 47.7 Å². The molecule has 0 bridgehead atoms. The molecule has 1 aliphatic heterocycles. The van der Waals surface area contributed by atoms with Crippen molar-refractivity contribution in [2.45, 2.75) is 57.1 Å². The third-order valence-electron chi connectivity index (χ3n) is 3.93. The van der Waals surface area contributed by atoms with Crippen molar-refractivity contribution >= 4 is 5.91 Å². The second-order valence-corrected chi connectivity index (χ2v) is 5.30. The zero-order valence-electron chi connectivity index (χ0n) is 10.5. The summed E-state index contributed by atoms with van der Waals surface area (Å²) in [5.74, 6) is 0.297. The number of aliphatic hydroxyl groups is 1. The van der Waals surface area contributed by atoms with E-state index in [1.807, 2.05) is 4.90 Å². The molecule has 1 amide bonds. The number of carbonyl (C=O) groups is 1. The van der Waals surface area contributed by atoms with Gasteiger partial charge in [0, 0.05) is 32.1 Å². The number of hydrogen-bond acceptors (Lipinski definition) is 3. The largest absolute Gasteiger partial charge is 0.393 e. The molecule has 0 unspecified atom stereocenters. The van der Waals surface area contributed by atoms with Crippen LogP contribution in [0.25, 0.3) is 0 Å². The molecule has 0 aromatic heterocycles. The lowest BCUT2D eigenvalue weighted by molar-refractivity contribution is -0.130. The fourth-order valence-corrected chi connectivity index (χ4v) is 2.79. The molecule has 2 rings (SSSR count). The van der Waals surface area contributed by atoms with Crippen molar-refractivity contribution in [1.82, 2.24) is 10.2 Å². The predicted molar refractivity (Wildman–Crippen MR) is 66.7 cm³/mol. The van der Waals surface area contributed by atoms with Crippen LogP contribution in [0.1, 0.15) is 44.9 Å². The number of carbonyl (C=O) groups excluding carboxylic acids is 1. The second kappa shape index (κ2) is 6.36. The van der Waals surface area contributed by atoms with E-state index in [0.717, 1.165) is 45.3 Å². The van der Waals surface area contributed by atoms with Crippen LogP contribution in [0.15, 0.2) is 0 Å². The summed E-state index contributed by atoms with van der Waals surface area (Å²) in [6.07, 6.45) is 6.74. The first kappa shape index (κ1) is 12.8. The van der Waals surface area contributed by atoms with Crippen LogP contribution >= 0.6 is 0 Å². The number of likely N-dealkylation sites (tertiary alicyclic amines) is 1. The van der Waals surface area contributed by atoms with E-state index in [9.17, 15) is 9.90 Å². The molecule has 1 saturated heterocycles. The van der Waals surface area contributed by atoms with Crippen molar-refractivity contribution < 1.29 is 9.90 Å². The highest BCUT2D eigenvalue weighted by Gasteiger charge is 2.20. The standard InChI is InChI=1S/C13H24N2O2/c16-12-5-3-11(4-6-12)14-8-7-13(17)15-9-1-2-10-15/h11-12,14,16H,1-10H2. The van der Waals surface area contributed by atoms with Gasteiger partial charge < -0.3 is 15.3 Å². The van der Waals surface area contributed by atoms with Gasteiger partial charge in [0.15, 0.2) is 0 Å². The fourth-order valence-electron chi connectivity index (χ4n) is 2.79. The van der Waals surface area contributed by atoms with Crippen LogP contribution in [0.4, 0.5) is 0 Å². The minimum absolute atomic E-state index is 0.0979. The summed E-state index contributed by atoms with van der Waals surface area (Å²) in [5, 5.41) is 12.8. The number of amides is 1. The van der Waals surface area contributed by atoms with Crippen molar-refractivity contribution in [3.05, 3.63) is 0 Å². The first-order valence-corrected chi connectivity index (χ1v) is 6.95. The SMILES string of the molecule is O=C(CCNC1CCC(O)CC1)N1CCCC1. The maximum Gasteiger partial charge on any atom is 0.223 e. The number of aliphatic hydroxyl groups excluding tert-OH is 1. The minimum atomic E-state index is -0.0979. The van der Waals surface area contributed by atoms with Gasteiger partial charge in [-0.2, -0.15) is 0 Å². The van der Waals surface area contributed by atoms with Gasteiger partial charge in [-0.1, -0.05) is 0 Å². The van der Waals surface area contributed by atoms with Gasteiger partial charge in [-0.3, -0.25) is 4.79 Å². The zero-order valence-corrected chi connectivity index (χ0v) is 10.5. The smallest absolute Gasteiger partial charge is 0.223 e. The summed E-state index contributed by atoms with van der Waals surface area (Å²) in [5.41, 5.74) is 0. The molecule has 0 atom stereocenters. The van der Waals surface area contributed by atoms with Gasteiger partial charge in [-0.15, -0.1) is 0 Å². The van der Waals surface area contributed by atoms with E-state index in [2.05, 4.69) is 5.32 Å². The van der Waals surface area contributed by atoms with Gasteiger partial charge >= 0.3 is 0 Å². The van der Waals surface area contributed by atoms with Crippen molar-refractivity contribution in [2.75, 3.05) is 19.6 Å². The highest BCUT2D eigenvalue weighted by atomic mass is 16.3. The van der Waals surface area contributed by atoms with E-state index >= 15 is 0 Å². The number of rotatable bonds is 4. The summed E-state index contributed by atoms with van der Waals surface area (Å²) in [6, 6.07) is 0.504. The molecule has 0 spiro atoms. The van der Waals surface area contributed by atoms with Crippen molar-refractivity contribution in [1.29, 1.82) is 0 Å². The molecular weight excluding hydrogens is 216 g/mol. The second-order valence-electron chi connectivity index (χ2n) is 5.30. The van der Waals surface area contributed by atoms with E-state index in [1.54, 1.807) is 0 Å². The molecule has 4 heteroatoms. The Morgan fingerprint density at radius 2 is 1.82 bits per heavy atom. The third-order valence-corrected chi connectivity index (χ3v) is 3.93. The predicted octanol–water partition coefficient (Wildman–Crippen LogP) is 0.892. The Morgan fingerprint density at radius 1 is 1.18 bits per heavy atom. The Kier molecular flexibility index (Phi) is 4.80. The van der Waals surface area contributed by atoms with Gasteiger partial charge in [0.2, 0.25) is 5.91 Å². The van der Waals surface area contributed by atoms with Gasteiger partial charge in [0.1, 0.15) is 0 Å². The fraction of sp³-hybridized carbons (Fsp3) is 0.923. The van der Waals surface area contributed by atoms with Crippen LogP contribution < -0.4 is 5.32 Å². The first-order valence-electron chi connectivity index (χ1n) is 6.95. The summed E-state index contributed by atoms with van der Waals surface area (Å²) < 4.78 is 0. The van der Waals surface area contributed by atoms with E-state index in [4.69, 9.17) is 0 Å². The van der Waals surface area contributed by atoms with Gasteiger partial charge in [0.05, 0.1) is 6.10 Å². The molecule has 1 heterocycles. The van der Waals surface area contributed by atoms with Crippen molar-refractivity contribution in [3.63, 3.8) is 0 Å². The number of nitrogens with one attached hydrogen (secondary N) is 1. The Morgan fingerprint density at radius 3 is 2.47 bits per heavy atom. The van der Waals surface area contributed by atoms with Crippen molar-refractivity contribution in [2.24, 2.45) is 0 Å². The molecule has 1 aliphatic carbocycles. The number of nitrogens with zero attached hydrogens (tertiary/aromatic N) is 1. The van der Waals surface area contributed by atoms with Crippen LogP contribution in [-0.2, 0) is 4.79 Å². The molecular formula is C13H24N2O2.